The fourth-order valence-electron chi connectivity index (χ4n) is 1.48. The van der Waals surface area contributed by atoms with Gasteiger partial charge in [-0.2, -0.15) is 9.78 Å². The number of alkyl halides is 1. The van der Waals surface area contributed by atoms with E-state index in [4.69, 9.17) is 23.2 Å². The molecular formula is C11H8BrCl2N3O2. The highest BCUT2D eigenvalue weighted by Crippen LogP contribution is 2.18. The molecule has 1 N–H and O–H groups in total. The highest BCUT2D eigenvalue weighted by atomic mass is 79.9. The van der Waals surface area contributed by atoms with Crippen molar-refractivity contribution in [2.75, 3.05) is 0 Å². The molecule has 0 amide bonds. The van der Waals surface area contributed by atoms with Gasteiger partial charge in [-0.1, -0.05) is 35.3 Å². The van der Waals surface area contributed by atoms with Crippen molar-refractivity contribution in [3.05, 3.63) is 60.3 Å². The van der Waals surface area contributed by atoms with Gasteiger partial charge in [0.15, 0.2) is 4.60 Å². The van der Waals surface area contributed by atoms with Crippen LogP contribution in [0.4, 0.5) is 0 Å². The van der Waals surface area contributed by atoms with Gasteiger partial charge in [-0.25, -0.2) is 4.79 Å². The Labute approximate surface area is 126 Å². The number of hydrogen-bond donors (Lipinski definition) is 1. The number of aromatic nitrogens is 3. The third kappa shape index (κ3) is 3.46. The Kier molecular flexibility index (Phi) is 4.44. The maximum atomic E-state index is 11.6. The molecule has 2 rings (SSSR count). The molecule has 0 saturated carbocycles. The van der Waals surface area contributed by atoms with Crippen molar-refractivity contribution in [3.8, 4) is 0 Å². The number of hydrogen-bond acceptors (Lipinski definition) is 3. The summed E-state index contributed by atoms with van der Waals surface area (Å²) in [6.45, 7) is 0. The summed E-state index contributed by atoms with van der Waals surface area (Å²) in [5.74, 6) is 0. The molecule has 100 valence electrons. The van der Waals surface area contributed by atoms with Crippen LogP contribution >= 0.6 is 39.1 Å². The van der Waals surface area contributed by atoms with Crippen molar-refractivity contribution in [2.45, 2.75) is 11.9 Å². The first kappa shape index (κ1) is 14.3. The quantitative estimate of drug-likeness (QED) is 0.850. The summed E-state index contributed by atoms with van der Waals surface area (Å²) in [7, 11) is 0. The van der Waals surface area contributed by atoms with E-state index in [9.17, 15) is 9.59 Å². The number of halogens is 3. The molecule has 1 atom stereocenters. The fraction of sp³-hybridized carbons (Fsp3) is 0.182. The summed E-state index contributed by atoms with van der Waals surface area (Å²) in [6, 6.07) is 7.09. The molecule has 0 aliphatic carbocycles. The molecular weight excluding hydrogens is 357 g/mol. The molecule has 0 aliphatic heterocycles. The van der Waals surface area contributed by atoms with E-state index in [0.717, 1.165) is 10.2 Å². The molecule has 0 bridgehead atoms. The molecule has 2 aromatic rings. The summed E-state index contributed by atoms with van der Waals surface area (Å²) in [5.41, 5.74) is -1.04. The molecule has 0 saturated heterocycles. The van der Waals surface area contributed by atoms with Gasteiger partial charge in [-0.05, 0) is 33.6 Å². The maximum Gasteiger partial charge on any atom is 0.346 e. The first-order valence-electron chi connectivity index (χ1n) is 5.24. The van der Waals surface area contributed by atoms with Gasteiger partial charge in [0.25, 0.3) is 5.56 Å². The Balaban J connectivity index is 2.27. The number of benzene rings is 1. The van der Waals surface area contributed by atoms with E-state index in [0.29, 0.717) is 11.4 Å². The standard InChI is InChI=1S/C11H8BrCl2N3O2/c12-9-10(18)15-11(19)17(16-9)8(14)5-6-1-3-7(13)4-2-6/h1-4,8H,5H2,(H,15,18,19). The van der Waals surface area contributed by atoms with Crippen LogP contribution in [0, 0.1) is 0 Å². The van der Waals surface area contributed by atoms with E-state index in [-0.39, 0.29) is 4.60 Å². The average molecular weight is 365 g/mol. The minimum Gasteiger partial charge on any atom is -0.270 e. The Hall–Kier alpha value is -1.11. The molecule has 1 heterocycles. The van der Waals surface area contributed by atoms with Gasteiger partial charge in [0, 0.05) is 11.4 Å². The van der Waals surface area contributed by atoms with Crippen molar-refractivity contribution >= 4 is 39.1 Å². The third-order valence-electron chi connectivity index (χ3n) is 2.39. The van der Waals surface area contributed by atoms with Crippen molar-refractivity contribution < 1.29 is 0 Å². The predicted molar refractivity (Wildman–Crippen MR) is 76.9 cm³/mol. The van der Waals surface area contributed by atoms with Crippen LogP contribution in [0.2, 0.25) is 5.02 Å². The predicted octanol–water partition coefficient (Wildman–Crippen LogP) is 2.33. The summed E-state index contributed by atoms with van der Waals surface area (Å²) in [4.78, 5) is 24.9. The Morgan fingerprint density at radius 1 is 1.32 bits per heavy atom. The number of nitrogens with zero attached hydrogens (tertiary/aromatic N) is 2. The van der Waals surface area contributed by atoms with Crippen LogP contribution in [-0.4, -0.2) is 14.8 Å². The monoisotopic (exact) mass is 363 g/mol. The second kappa shape index (κ2) is 5.90. The van der Waals surface area contributed by atoms with Crippen molar-refractivity contribution in [1.82, 2.24) is 14.8 Å². The molecule has 19 heavy (non-hydrogen) atoms. The fourth-order valence-corrected chi connectivity index (χ4v) is 2.19. The first-order chi connectivity index (χ1) is 8.97. The number of aromatic amines is 1. The van der Waals surface area contributed by atoms with Crippen LogP contribution in [0.5, 0.6) is 0 Å². The zero-order valence-electron chi connectivity index (χ0n) is 9.44. The van der Waals surface area contributed by atoms with Gasteiger partial charge in [0.1, 0.15) is 5.50 Å². The molecule has 1 unspecified atom stereocenters. The highest BCUT2D eigenvalue weighted by Gasteiger charge is 2.13. The largest absolute Gasteiger partial charge is 0.346 e. The van der Waals surface area contributed by atoms with E-state index in [1.165, 1.54) is 0 Å². The number of nitrogens with one attached hydrogen (secondary N) is 1. The van der Waals surface area contributed by atoms with Gasteiger partial charge < -0.3 is 0 Å². The highest BCUT2D eigenvalue weighted by molar-refractivity contribution is 9.10. The molecule has 8 heteroatoms. The normalized spacial score (nSPS) is 12.4. The smallest absolute Gasteiger partial charge is 0.270 e. The lowest BCUT2D eigenvalue weighted by Gasteiger charge is -2.11. The number of rotatable bonds is 3. The van der Waals surface area contributed by atoms with Crippen LogP contribution in [0.25, 0.3) is 0 Å². The summed E-state index contributed by atoms with van der Waals surface area (Å²) >= 11 is 14.9. The molecule has 0 aliphatic rings. The van der Waals surface area contributed by atoms with Crippen LogP contribution in [0.15, 0.2) is 38.5 Å². The van der Waals surface area contributed by atoms with Crippen molar-refractivity contribution in [3.63, 3.8) is 0 Å². The van der Waals surface area contributed by atoms with Gasteiger partial charge in [0.2, 0.25) is 0 Å². The summed E-state index contributed by atoms with van der Waals surface area (Å²) in [6.07, 6.45) is 0.379. The topological polar surface area (TPSA) is 67.8 Å². The van der Waals surface area contributed by atoms with E-state index in [1.807, 2.05) is 12.1 Å². The van der Waals surface area contributed by atoms with E-state index < -0.39 is 16.8 Å². The van der Waals surface area contributed by atoms with Crippen LogP contribution in [0.1, 0.15) is 11.1 Å². The zero-order valence-corrected chi connectivity index (χ0v) is 12.5. The molecule has 0 spiro atoms. The van der Waals surface area contributed by atoms with E-state index >= 15 is 0 Å². The first-order valence-corrected chi connectivity index (χ1v) is 6.85. The molecule has 5 nitrogen and oxygen atoms in total. The lowest BCUT2D eigenvalue weighted by atomic mass is 10.1. The van der Waals surface area contributed by atoms with Crippen LogP contribution < -0.4 is 11.2 Å². The Bertz CT molecular complexity index is 696. The van der Waals surface area contributed by atoms with Crippen molar-refractivity contribution in [1.29, 1.82) is 0 Å². The average Bonchev–Trinajstić information content (AvgIpc) is 2.36. The van der Waals surface area contributed by atoms with Gasteiger partial charge in [-0.3, -0.25) is 9.78 Å². The zero-order chi connectivity index (χ0) is 14.0. The number of H-pyrrole nitrogens is 1. The van der Waals surface area contributed by atoms with Crippen molar-refractivity contribution in [2.24, 2.45) is 0 Å². The maximum absolute atomic E-state index is 11.6. The van der Waals surface area contributed by atoms with E-state index in [2.05, 4.69) is 26.0 Å². The lowest BCUT2D eigenvalue weighted by molar-refractivity contribution is 0.526. The molecule has 0 radical (unpaired) electrons. The Morgan fingerprint density at radius 2 is 1.95 bits per heavy atom. The van der Waals surface area contributed by atoms with Gasteiger partial charge in [0.05, 0.1) is 0 Å². The molecule has 1 aromatic carbocycles. The SMILES string of the molecule is O=c1[nH]c(=O)n(C(Cl)Cc2ccc(Cl)cc2)nc1Br. The second-order valence-electron chi connectivity index (χ2n) is 3.76. The third-order valence-corrected chi connectivity index (χ3v) is 3.50. The van der Waals surface area contributed by atoms with Crippen LogP contribution in [0.3, 0.4) is 0 Å². The molecule has 0 fully saturated rings. The van der Waals surface area contributed by atoms with Gasteiger partial charge in [-0.15, -0.1) is 0 Å². The molecule has 1 aromatic heterocycles. The Morgan fingerprint density at radius 3 is 2.58 bits per heavy atom. The van der Waals surface area contributed by atoms with E-state index in [1.54, 1.807) is 12.1 Å². The lowest BCUT2D eigenvalue weighted by Crippen LogP contribution is -2.34. The summed E-state index contributed by atoms with van der Waals surface area (Å²) < 4.78 is 1.02. The minimum atomic E-state index is -0.707. The second-order valence-corrected chi connectivity index (χ2v) is 5.45. The minimum absolute atomic E-state index is 0.00820. The summed E-state index contributed by atoms with van der Waals surface area (Å²) in [5, 5.41) is 4.43. The van der Waals surface area contributed by atoms with Crippen LogP contribution in [-0.2, 0) is 6.42 Å². The van der Waals surface area contributed by atoms with Gasteiger partial charge >= 0.3 is 5.69 Å².